The van der Waals surface area contributed by atoms with Gasteiger partial charge in [-0.25, -0.2) is 0 Å². The summed E-state index contributed by atoms with van der Waals surface area (Å²) in [5, 5.41) is 0. The molecule has 0 saturated heterocycles. The maximum Gasteiger partial charge on any atom is 0.317 e. The van der Waals surface area contributed by atoms with Crippen molar-refractivity contribution in [2.75, 3.05) is 0 Å². The minimum atomic E-state index is -0.726. The van der Waals surface area contributed by atoms with Crippen LogP contribution in [-0.2, 0) is 27.4 Å². The quantitative estimate of drug-likeness (QED) is 0.579. The van der Waals surface area contributed by atoms with Crippen LogP contribution < -0.4 is 0 Å². The van der Waals surface area contributed by atoms with E-state index in [0.717, 1.165) is 11.1 Å². The number of esters is 1. The third-order valence-corrected chi connectivity index (χ3v) is 3.53. The first-order valence-corrected chi connectivity index (χ1v) is 7.48. The fraction of sp³-hybridized carbons (Fsp3) is 0.263. The normalized spacial score (nSPS) is 11.7. The molecule has 0 aromatic heterocycles. The van der Waals surface area contributed by atoms with Crippen molar-refractivity contribution in [3.63, 3.8) is 0 Å². The molecule has 0 aliphatic carbocycles. The number of carbonyl (C=O) groups is 2. The van der Waals surface area contributed by atoms with Gasteiger partial charge in [0.05, 0.1) is 0 Å². The second-order valence-electron chi connectivity index (χ2n) is 5.16. The van der Waals surface area contributed by atoms with Gasteiger partial charge in [-0.1, -0.05) is 67.6 Å². The molecule has 0 unspecified atom stereocenters. The summed E-state index contributed by atoms with van der Waals surface area (Å²) in [6, 6.07) is 19.0. The fourth-order valence-electron chi connectivity index (χ4n) is 2.25. The number of ketones is 1. The van der Waals surface area contributed by atoms with Crippen molar-refractivity contribution in [1.29, 1.82) is 0 Å². The number of hydrogen-bond donors (Lipinski definition) is 0. The molecule has 0 bridgehead atoms. The van der Waals surface area contributed by atoms with Gasteiger partial charge >= 0.3 is 5.97 Å². The molecule has 22 heavy (non-hydrogen) atoms. The summed E-state index contributed by atoms with van der Waals surface area (Å²) in [6.45, 7) is 1.97. The summed E-state index contributed by atoms with van der Waals surface area (Å²) in [6.07, 6.45) is 0.721. The zero-order valence-electron chi connectivity index (χ0n) is 12.7. The van der Waals surface area contributed by atoms with E-state index < -0.39 is 11.9 Å². The lowest BCUT2D eigenvalue weighted by atomic mass is 9.94. The van der Waals surface area contributed by atoms with Crippen LogP contribution in [0.2, 0.25) is 0 Å². The van der Waals surface area contributed by atoms with Gasteiger partial charge in [0.1, 0.15) is 18.3 Å². The molecule has 0 saturated carbocycles. The topological polar surface area (TPSA) is 43.4 Å². The zero-order chi connectivity index (χ0) is 15.8. The number of benzene rings is 2. The van der Waals surface area contributed by atoms with Gasteiger partial charge < -0.3 is 4.74 Å². The molecular formula is C19H20O3. The van der Waals surface area contributed by atoms with E-state index in [4.69, 9.17) is 4.74 Å². The molecule has 0 aliphatic heterocycles. The Morgan fingerprint density at radius 2 is 1.45 bits per heavy atom. The van der Waals surface area contributed by atoms with Gasteiger partial charge in [-0.15, -0.1) is 0 Å². The maximum absolute atomic E-state index is 12.3. The molecule has 1 atom stereocenters. The average molecular weight is 296 g/mol. The molecule has 0 radical (unpaired) electrons. The first-order valence-electron chi connectivity index (χ1n) is 7.48. The van der Waals surface area contributed by atoms with E-state index in [1.54, 1.807) is 6.92 Å². The van der Waals surface area contributed by atoms with Crippen LogP contribution >= 0.6 is 0 Å². The van der Waals surface area contributed by atoms with Crippen LogP contribution in [0.4, 0.5) is 0 Å². The van der Waals surface area contributed by atoms with Crippen LogP contribution in [0.5, 0.6) is 0 Å². The Morgan fingerprint density at radius 3 is 2.00 bits per heavy atom. The van der Waals surface area contributed by atoms with Crippen LogP contribution in [0.15, 0.2) is 60.7 Å². The Kier molecular flexibility index (Phi) is 5.90. The average Bonchev–Trinajstić information content (AvgIpc) is 2.58. The van der Waals surface area contributed by atoms with Crippen molar-refractivity contribution in [2.45, 2.75) is 26.4 Å². The van der Waals surface area contributed by atoms with E-state index in [2.05, 4.69) is 0 Å². The number of hydrogen-bond acceptors (Lipinski definition) is 3. The highest BCUT2D eigenvalue weighted by molar-refractivity contribution is 5.99. The first-order chi connectivity index (χ1) is 10.7. The SMILES string of the molecule is CCC(=O)[C@@H](Cc1ccccc1)C(=O)OCc1ccccc1. The molecule has 0 amide bonds. The Balaban J connectivity index is 2.02. The Morgan fingerprint density at radius 1 is 0.909 bits per heavy atom. The summed E-state index contributed by atoms with van der Waals surface area (Å²) >= 11 is 0. The summed E-state index contributed by atoms with van der Waals surface area (Å²) < 4.78 is 5.33. The lowest BCUT2D eigenvalue weighted by Gasteiger charge is -2.14. The van der Waals surface area contributed by atoms with Crippen molar-refractivity contribution >= 4 is 11.8 Å². The summed E-state index contributed by atoms with van der Waals surface area (Å²) in [5.41, 5.74) is 1.88. The zero-order valence-corrected chi connectivity index (χ0v) is 12.7. The summed E-state index contributed by atoms with van der Waals surface area (Å²) in [5.74, 6) is -1.25. The van der Waals surface area contributed by atoms with Crippen molar-refractivity contribution in [1.82, 2.24) is 0 Å². The number of Topliss-reactive ketones (excluding diaryl/α,β-unsaturated/α-hetero) is 1. The van der Waals surface area contributed by atoms with Gasteiger partial charge in [-0.05, 0) is 17.5 Å². The standard InChI is InChI=1S/C19H20O3/c1-2-18(20)17(13-15-9-5-3-6-10-15)19(21)22-14-16-11-7-4-8-12-16/h3-12,17H,2,13-14H2,1H3/t17-/m1/s1. The molecule has 114 valence electrons. The first kappa shape index (κ1) is 16.0. The van der Waals surface area contributed by atoms with Gasteiger partial charge in [-0.3, -0.25) is 9.59 Å². The summed E-state index contributed by atoms with van der Waals surface area (Å²) in [7, 11) is 0. The van der Waals surface area contributed by atoms with Crippen LogP contribution in [0.3, 0.4) is 0 Å². The van der Waals surface area contributed by atoms with Crippen molar-refractivity contribution in [3.05, 3.63) is 71.8 Å². The predicted octanol–water partition coefficient (Wildman–Crippen LogP) is 3.57. The van der Waals surface area contributed by atoms with Gasteiger partial charge in [-0.2, -0.15) is 0 Å². The predicted molar refractivity (Wildman–Crippen MR) is 85.2 cm³/mol. The second kappa shape index (κ2) is 8.13. The van der Waals surface area contributed by atoms with Crippen LogP contribution in [-0.4, -0.2) is 11.8 Å². The highest BCUT2D eigenvalue weighted by atomic mass is 16.5. The van der Waals surface area contributed by atoms with Crippen LogP contribution in [0.25, 0.3) is 0 Å². The maximum atomic E-state index is 12.3. The second-order valence-corrected chi connectivity index (χ2v) is 5.16. The summed E-state index contributed by atoms with van der Waals surface area (Å²) in [4.78, 5) is 24.3. The third-order valence-electron chi connectivity index (χ3n) is 3.53. The minimum absolute atomic E-state index is 0.0816. The van der Waals surface area contributed by atoms with E-state index in [-0.39, 0.29) is 12.4 Å². The van der Waals surface area contributed by atoms with Crippen LogP contribution in [0, 0.1) is 5.92 Å². The monoisotopic (exact) mass is 296 g/mol. The minimum Gasteiger partial charge on any atom is -0.460 e. The smallest absolute Gasteiger partial charge is 0.317 e. The van der Waals surface area contributed by atoms with E-state index in [1.807, 2.05) is 60.7 Å². The largest absolute Gasteiger partial charge is 0.460 e. The number of rotatable bonds is 7. The van der Waals surface area contributed by atoms with E-state index in [1.165, 1.54) is 0 Å². The van der Waals surface area contributed by atoms with Crippen molar-refractivity contribution in [3.8, 4) is 0 Å². The number of ether oxygens (including phenoxy) is 1. The lowest BCUT2D eigenvalue weighted by molar-refractivity contribution is -0.153. The molecule has 2 aromatic rings. The lowest BCUT2D eigenvalue weighted by Crippen LogP contribution is -2.27. The molecule has 2 aromatic carbocycles. The Bertz CT molecular complexity index is 605. The van der Waals surface area contributed by atoms with E-state index in [9.17, 15) is 9.59 Å². The Labute approximate surface area is 130 Å². The number of carbonyl (C=O) groups excluding carboxylic acids is 2. The van der Waals surface area contributed by atoms with Gasteiger partial charge in [0.15, 0.2) is 0 Å². The molecule has 0 N–H and O–H groups in total. The van der Waals surface area contributed by atoms with Crippen molar-refractivity contribution in [2.24, 2.45) is 5.92 Å². The molecule has 2 rings (SSSR count). The van der Waals surface area contributed by atoms with E-state index in [0.29, 0.717) is 12.8 Å². The van der Waals surface area contributed by atoms with E-state index >= 15 is 0 Å². The molecule has 0 aliphatic rings. The van der Waals surface area contributed by atoms with Crippen molar-refractivity contribution < 1.29 is 14.3 Å². The Hall–Kier alpha value is -2.42. The van der Waals surface area contributed by atoms with Gasteiger partial charge in [0, 0.05) is 6.42 Å². The highest BCUT2D eigenvalue weighted by Gasteiger charge is 2.27. The molecule has 0 heterocycles. The van der Waals surface area contributed by atoms with Crippen LogP contribution in [0.1, 0.15) is 24.5 Å². The molecule has 3 nitrogen and oxygen atoms in total. The third kappa shape index (κ3) is 4.55. The van der Waals surface area contributed by atoms with Gasteiger partial charge in [0.2, 0.25) is 0 Å². The molecule has 3 heteroatoms. The molecule has 0 fully saturated rings. The van der Waals surface area contributed by atoms with Gasteiger partial charge in [0.25, 0.3) is 0 Å². The molecule has 0 spiro atoms. The highest BCUT2D eigenvalue weighted by Crippen LogP contribution is 2.14. The fourth-order valence-corrected chi connectivity index (χ4v) is 2.25. The molecular weight excluding hydrogens is 276 g/mol.